The van der Waals surface area contributed by atoms with Crippen molar-refractivity contribution in [3.63, 3.8) is 0 Å². The molecule has 1 saturated heterocycles. The van der Waals surface area contributed by atoms with E-state index in [9.17, 15) is 14.8 Å². The highest BCUT2D eigenvalue weighted by Crippen LogP contribution is 2.34. The molecular formula is C67H113B6N7O12. The summed E-state index contributed by atoms with van der Waals surface area (Å²) >= 11 is 0. The molecule has 0 spiro atoms. The van der Waals surface area contributed by atoms with Gasteiger partial charge in [-0.05, 0) is 95.7 Å². The normalized spacial score (nSPS) is 16.8. The summed E-state index contributed by atoms with van der Waals surface area (Å²) in [4.78, 5) is 17.0. The molecule has 5 aromatic rings. The Bertz CT molecular complexity index is 3190. The summed E-state index contributed by atoms with van der Waals surface area (Å²) in [7, 11) is -2.54. The minimum Gasteiger partial charge on any atom is -0.536 e. The average Bonchev–Trinajstić information content (AvgIpc) is 1.65. The number of aromatic nitrogens is 6. The van der Waals surface area contributed by atoms with E-state index < -0.39 is 34.2 Å². The van der Waals surface area contributed by atoms with E-state index in [2.05, 4.69) is 200 Å². The van der Waals surface area contributed by atoms with Crippen LogP contribution in [0.3, 0.4) is 0 Å². The number of benzene rings is 3. The lowest BCUT2D eigenvalue weighted by Gasteiger charge is -2.26. The quantitative estimate of drug-likeness (QED) is 0.0788. The smallest absolute Gasteiger partial charge is 0.536 e. The van der Waals surface area contributed by atoms with E-state index in [1.54, 1.807) is 0 Å². The van der Waals surface area contributed by atoms with Crippen molar-refractivity contribution in [2.75, 3.05) is 13.1 Å². The largest absolute Gasteiger partial charge is 0.546 e. The van der Waals surface area contributed by atoms with Crippen LogP contribution in [0.5, 0.6) is 5.75 Å². The monoisotopic (exact) mass is 1270 g/mol. The molecular weight excluding hydrogens is 1160 g/mol. The molecule has 92 heavy (non-hydrogen) atoms. The first kappa shape index (κ1) is 81.0. The van der Waals surface area contributed by atoms with E-state index in [1.165, 1.54) is 38.7 Å². The van der Waals surface area contributed by atoms with Gasteiger partial charge >= 0.3 is 48.1 Å². The predicted molar refractivity (Wildman–Crippen MR) is 379 cm³/mol. The number of tetrazole rings is 1. The number of hydrogen-bond acceptors (Lipinski definition) is 17. The summed E-state index contributed by atoms with van der Waals surface area (Å²) in [5.41, 5.74) is 12.2. The Balaban J connectivity index is 0.000000276. The van der Waals surface area contributed by atoms with Gasteiger partial charge in [0, 0.05) is 35.3 Å². The second kappa shape index (κ2) is 32.9. The minimum absolute atomic E-state index is 0. The minimum atomic E-state index is -0.714. The van der Waals surface area contributed by atoms with E-state index in [0.29, 0.717) is 31.1 Å². The number of nitrogens with one attached hydrogen (secondary N) is 2. The fraction of sp³-hybridized carbons (Fsp3) is 0.642. The molecule has 8 heterocycles. The van der Waals surface area contributed by atoms with E-state index in [4.69, 9.17) is 38.0 Å². The molecule has 1 atom stereocenters. The van der Waals surface area contributed by atoms with Gasteiger partial charge in [-0.15, -0.1) is 10.2 Å². The van der Waals surface area contributed by atoms with Crippen molar-refractivity contribution in [2.24, 2.45) is 21.2 Å². The van der Waals surface area contributed by atoms with Gasteiger partial charge in [0.25, 0.3) is 0 Å². The van der Waals surface area contributed by atoms with Crippen LogP contribution in [0.25, 0.3) is 0 Å². The van der Waals surface area contributed by atoms with Crippen LogP contribution in [-0.4, -0.2) is 118 Å². The van der Waals surface area contributed by atoms with Crippen LogP contribution in [0.2, 0.25) is 20.0 Å². The molecule has 0 saturated carbocycles. The second-order valence-electron chi connectivity index (χ2n) is 32.3. The summed E-state index contributed by atoms with van der Waals surface area (Å²) in [5, 5.41) is 53.6. The number of aliphatic imine (C=N–C) groups is 1. The Morgan fingerprint density at radius 2 is 1.11 bits per heavy atom. The second-order valence-corrected chi connectivity index (χ2v) is 32.3. The van der Waals surface area contributed by atoms with Crippen molar-refractivity contribution < 1.29 is 52.5 Å². The first-order chi connectivity index (χ1) is 41.5. The molecule has 2 aromatic heterocycles. The Morgan fingerprint density at radius 3 is 1.49 bits per heavy atom. The number of allylic oxidation sites excluding steroid dienone is 1. The van der Waals surface area contributed by atoms with Gasteiger partial charge in [-0.1, -0.05) is 252 Å². The van der Waals surface area contributed by atoms with Crippen molar-refractivity contribution in [1.82, 2.24) is 30.8 Å². The van der Waals surface area contributed by atoms with E-state index in [1.807, 2.05) is 80.5 Å². The first-order valence-corrected chi connectivity index (χ1v) is 32.1. The van der Waals surface area contributed by atoms with Crippen molar-refractivity contribution >= 4 is 59.1 Å². The molecule has 6 N–H and O–H groups in total. The molecule has 0 aliphatic carbocycles. The Labute approximate surface area is 554 Å². The number of fused-ring (bicyclic) bond motifs is 3. The number of hydrogen-bond donors (Lipinski definition) is 6. The third kappa shape index (κ3) is 25.8. The molecule has 19 nitrogen and oxygen atoms in total. The van der Waals surface area contributed by atoms with Crippen molar-refractivity contribution in [3.8, 4) is 5.75 Å². The molecule has 25 heteroatoms. The highest BCUT2D eigenvalue weighted by molar-refractivity contribution is 6.68. The van der Waals surface area contributed by atoms with Crippen LogP contribution in [0.1, 0.15) is 225 Å². The van der Waals surface area contributed by atoms with Gasteiger partial charge in [0.2, 0.25) is 0 Å². The highest BCUT2D eigenvalue weighted by Gasteiger charge is 2.37. The van der Waals surface area contributed by atoms with Gasteiger partial charge in [0.15, 0.2) is 17.5 Å². The maximum Gasteiger partial charge on any atom is 0.546 e. The van der Waals surface area contributed by atoms with E-state index in [-0.39, 0.29) is 70.7 Å². The zero-order chi connectivity index (χ0) is 69.0. The molecule has 506 valence electrons. The third-order valence-electron chi connectivity index (χ3n) is 15.6. The lowest BCUT2D eigenvalue weighted by Crippen LogP contribution is -2.27. The first-order valence-electron chi connectivity index (χ1n) is 32.1. The number of nitrogens with zero attached hydrogens (tertiary/aromatic N) is 5. The zero-order valence-corrected chi connectivity index (χ0v) is 60.1. The van der Waals surface area contributed by atoms with Crippen LogP contribution < -0.4 is 21.3 Å². The standard InChI is InChI=1S/2C12H17BO.C11H15BO2.C7H13BO2.C7H15BO2.C6H12BNO2.C6H10N2O2.C5H10N4.CH4/c1-12(2,3)10-5-6-11-9(7-10)8-14-13(11)4;1-12(2,3)10-6-5-9-8-14-13(4)11(9)7-10;1-11(2,3)9-5-4-8-7-12(13)14-10(8)6-9;1-7(2,3)6-4-5-10-8(6)9;1-7(2,3)6-4-5-8(9)10-6;1-6(2,3)5-8-4-7(9)10-5;1-6(2,3)4-7-5(9)10-8-4;1-5(2,3)4-6-8-9-7-4;/h2*5-7H,8H2,1-4H3;4-6,13H,7H2,1-3H3;4,9H,5H2,1-3H3;6,9H,4-5H2,1-3H3;9H,4H2,1-3H3;1-3H3,(H,7,8,9);1-3H3,(H,6,7,8,9);1H4. The van der Waals surface area contributed by atoms with Gasteiger partial charge in [-0.25, -0.2) is 4.79 Å². The summed E-state index contributed by atoms with van der Waals surface area (Å²) in [6.07, 6.45) is 4.96. The van der Waals surface area contributed by atoms with Crippen molar-refractivity contribution in [3.05, 3.63) is 122 Å². The summed E-state index contributed by atoms with van der Waals surface area (Å²) in [6, 6.07) is 19.7. The lowest BCUT2D eigenvalue weighted by atomic mass is 9.63. The SMILES string of the molecule is C.CB1OCc2cc(C(C)(C)C)ccc21.CB1OCc2ccc(C(C)(C)C)cc21.CC(C)(C)C1=CCOB1O.CC(C)(C)C1=NCB(O)O1.CC(C)(C)C1CCB(O)O1.CC(C)(C)c1ccc2c(c1)OB(O)C2.CC(C)(C)c1nn[nH]n1.CC(C)(C)c1noc(=O)[nH]1. The molecule has 11 rings (SSSR count). The molecule has 6 aliphatic heterocycles. The van der Waals surface area contributed by atoms with Gasteiger partial charge in [0.05, 0.1) is 19.7 Å². The molecule has 0 amide bonds. The molecule has 3 aromatic carbocycles. The van der Waals surface area contributed by atoms with Gasteiger partial charge in [0.1, 0.15) is 5.75 Å². The topological polar surface area (TPSA) is 262 Å². The number of aromatic amines is 2. The fourth-order valence-electron chi connectivity index (χ4n) is 9.61. The molecule has 0 bridgehead atoms. The molecule has 0 radical (unpaired) electrons. The summed E-state index contributed by atoms with van der Waals surface area (Å²) in [5.74, 6) is 2.33. The van der Waals surface area contributed by atoms with Crippen LogP contribution in [0.15, 0.2) is 80.5 Å². The highest BCUT2D eigenvalue weighted by atomic mass is 16.5. The fourth-order valence-corrected chi connectivity index (χ4v) is 9.61. The summed E-state index contributed by atoms with van der Waals surface area (Å²) in [6.45, 7) is 57.4. The van der Waals surface area contributed by atoms with E-state index in [0.717, 1.165) is 48.6 Å². The van der Waals surface area contributed by atoms with E-state index >= 15 is 0 Å². The van der Waals surface area contributed by atoms with Crippen LogP contribution >= 0.6 is 0 Å². The maximum atomic E-state index is 10.5. The Hall–Kier alpha value is -5.25. The molecule has 6 aliphatic rings. The molecule has 1 fully saturated rings. The van der Waals surface area contributed by atoms with Crippen molar-refractivity contribution in [2.45, 2.75) is 253 Å². The third-order valence-corrected chi connectivity index (χ3v) is 15.6. The van der Waals surface area contributed by atoms with Crippen LogP contribution in [-0.2, 0) is 69.9 Å². The lowest BCUT2D eigenvalue weighted by molar-refractivity contribution is 0.0909. The zero-order valence-electron chi connectivity index (χ0n) is 60.1. The Kier molecular flexibility index (Phi) is 29.0. The van der Waals surface area contributed by atoms with Gasteiger partial charge in [-0.2, -0.15) is 5.21 Å². The van der Waals surface area contributed by atoms with Gasteiger partial charge in [-0.3, -0.25) is 14.5 Å². The predicted octanol–water partition coefficient (Wildman–Crippen LogP) is 11.2. The number of H-pyrrole nitrogens is 2. The Morgan fingerprint density at radius 1 is 0.565 bits per heavy atom. The summed E-state index contributed by atoms with van der Waals surface area (Å²) < 4.78 is 36.1. The number of rotatable bonds is 0. The van der Waals surface area contributed by atoms with Gasteiger partial charge < -0.3 is 48.0 Å². The van der Waals surface area contributed by atoms with Crippen LogP contribution in [0, 0.1) is 16.2 Å². The molecule has 1 unspecified atom stereocenters. The average molecular weight is 1270 g/mol. The van der Waals surface area contributed by atoms with Crippen LogP contribution in [0.4, 0.5) is 0 Å². The maximum absolute atomic E-state index is 10.5. The van der Waals surface area contributed by atoms with Crippen molar-refractivity contribution in [1.29, 1.82) is 0 Å².